The molecule has 30 heavy (non-hydrogen) atoms. The van der Waals surface area contributed by atoms with E-state index in [1.165, 1.54) is 50.2 Å². The lowest BCUT2D eigenvalue weighted by Gasteiger charge is -2.09. The van der Waals surface area contributed by atoms with Gasteiger partial charge in [0.05, 0.1) is 25.5 Å². The predicted octanol–water partition coefficient (Wildman–Crippen LogP) is 3.68. The topological polar surface area (TPSA) is 102 Å². The van der Waals surface area contributed by atoms with Crippen LogP contribution in [-0.2, 0) is 4.79 Å². The first-order chi connectivity index (χ1) is 14.5. The van der Waals surface area contributed by atoms with Gasteiger partial charge in [-0.05, 0) is 36.4 Å². The molecular formula is C19H17FN4O4S2. The summed E-state index contributed by atoms with van der Waals surface area (Å²) in [6.45, 7) is 0. The highest BCUT2D eigenvalue weighted by Gasteiger charge is 2.16. The average Bonchev–Trinajstić information content (AvgIpc) is 3.20. The number of amides is 2. The maximum Gasteiger partial charge on any atom is 0.261 e. The molecule has 3 rings (SSSR count). The number of nitrogens with one attached hydrogen (secondary N) is 2. The molecule has 0 fully saturated rings. The average molecular weight is 449 g/mol. The first kappa shape index (κ1) is 21.5. The van der Waals surface area contributed by atoms with Crippen LogP contribution in [0.25, 0.3) is 0 Å². The Bertz CT molecular complexity index is 1040. The van der Waals surface area contributed by atoms with Crippen molar-refractivity contribution in [3.63, 3.8) is 0 Å². The fraction of sp³-hybridized carbons (Fsp3) is 0.158. The smallest absolute Gasteiger partial charge is 0.261 e. The van der Waals surface area contributed by atoms with Crippen molar-refractivity contribution in [1.82, 2.24) is 10.2 Å². The molecule has 2 aromatic carbocycles. The molecule has 0 aliphatic rings. The minimum atomic E-state index is -0.406. The third kappa shape index (κ3) is 5.67. The number of thioether (sulfide) groups is 1. The quantitative estimate of drug-likeness (QED) is 0.400. The molecule has 0 bridgehead atoms. The van der Waals surface area contributed by atoms with Crippen LogP contribution >= 0.6 is 23.1 Å². The number of hydrogen-bond acceptors (Lipinski definition) is 8. The van der Waals surface area contributed by atoms with Crippen molar-refractivity contribution in [1.29, 1.82) is 0 Å². The van der Waals surface area contributed by atoms with E-state index in [2.05, 4.69) is 20.8 Å². The molecule has 0 aliphatic heterocycles. The maximum absolute atomic E-state index is 12.9. The fourth-order valence-electron chi connectivity index (χ4n) is 2.33. The van der Waals surface area contributed by atoms with Crippen LogP contribution in [0.5, 0.6) is 11.5 Å². The van der Waals surface area contributed by atoms with Gasteiger partial charge in [-0.2, -0.15) is 0 Å². The Morgan fingerprint density at radius 2 is 1.83 bits per heavy atom. The molecule has 1 aromatic heterocycles. The van der Waals surface area contributed by atoms with Crippen molar-refractivity contribution >= 4 is 45.7 Å². The van der Waals surface area contributed by atoms with Gasteiger partial charge in [0, 0.05) is 11.8 Å². The Balaban J connectivity index is 1.55. The van der Waals surface area contributed by atoms with Crippen molar-refractivity contribution in [2.75, 3.05) is 30.6 Å². The Labute approximate surface area is 179 Å². The molecule has 0 unspecified atom stereocenters. The molecule has 11 heteroatoms. The van der Waals surface area contributed by atoms with Crippen LogP contribution in [0.4, 0.5) is 15.2 Å². The molecule has 0 spiro atoms. The first-order valence-corrected chi connectivity index (χ1v) is 10.3. The van der Waals surface area contributed by atoms with Gasteiger partial charge in [-0.3, -0.25) is 14.9 Å². The van der Waals surface area contributed by atoms with E-state index in [0.29, 0.717) is 32.2 Å². The molecule has 8 nitrogen and oxygen atoms in total. The largest absolute Gasteiger partial charge is 0.497 e. The predicted molar refractivity (Wildman–Crippen MR) is 113 cm³/mol. The monoisotopic (exact) mass is 448 g/mol. The van der Waals surface area contributed by atoms with Gasteiger partial charge in [-0.1, -0.05) is 23.1 Å². The number of halogens is 1. The van der Waals surface area contributed by atoms with Gasteiger partial charge in [0.1, 0.15) is 17.3 Å². The zero-order chi connectivity index (χ0) is 21.5. The summed E-state index contributed by atoms with van der Waals surface area (Å²) in [4.78, 5) is 24.5. The Hall–Kier alpha value is -3.18. The van der Waals surface area contributed by atoms with Crippen molar-refractivity contribution < 1.29 is 23.5 Å². The molecule has 1 heterocycles. The zero-order valence-electron chi connectivity index (χ0n) is 16.0. The van der Waals surface area contributed by atoms with Gasteiger partial charge in [-0.25, -0.2) is 4.39 Å². The maximum atomic E-state index is 12.9. The van der Waals surface area contributed by atoms with Crippen molar-refractivity contribution in [2.45, 2.75) is 4.34 Å². The van der Waals surface area contributed by atoms with Gasteiger partial charge in [0.15, 0.2) is 4.34 Å². The van der Waals surface area contributed by atoms with E-state index < -0.39 is 5.91 Å². The van der Waals surface area contributed by atoms with E-state index in [1.807, 2.05) is 0 Å². The molecular weight excluding hydrogens is 431 g/mol. The number of carbonyl (C=O) groups is 2. The number of anilines is 2. The third-order valence-electron chi connectivity index (χ3n) is 3.73. The molecule has 0 saturated heterocycles. The van der Waals surface area contributed by atoms with Crippen molar-refractivity contribution in [3.8, 4) is 11.5 Å². The van der Waals surface area contributed by atoms with Crippen LogP contribution in [0, 0.1) is 5.82 Å². The van der Waals surface area contributed by atoms with Crippen molar-refractivity contribution in [2.24, 2.45) is 0 Å². The summed E-state index contributed by atoms with van der Waals surface area (Å²) in [6.07, 6.45) is 0. The SMILES string of the molecule is COc1ccc(C(=O)Nc2nnc(SCC(=O)Nc3ccc(F)cc3)s2)c(OC)c1. The number of nitrogens with zero attached hydrogens (tertiary/aromatic N) is 2. The number of benzene rings is 2. The van der Waals surface area contributed by atoms with Gasteiger partial charge < -0.3 is 14.8 Å². The molecule has 3 aromatic rings. The van der Waals surface area contributed by atoms with E-state index in [0.717, 1.165) is 11.3 Å². The molecule has 0 atom stereocenters. The fourth-order valence-corrected chi connectivity index (χ4v) is 3.87. The Morgan fingerprint density at radius 3 is 2.53 bits per heavy atom. The molecule has 0 radical (unpaired) electrons. The van der Waals surface area contributed by atoms with E-state index in [4.69, 9.17) is 9.47 Å². The number of rotatable bonds is 8. The highest BCUT2D eigenvalue weighted by atomic mass is 32.2. The van der Waals surface area contributed by atoms with Crippen LogP contribution < -0.4 is 20.1 Å². The zero-order valence-corrected chi connectivity index (χ0v) is 17.6. The van der Waals surface area contributed by atoms with Crippen LogP contribution in [0.2, 0.25) is 0 Å². The molecule has 156 valence electrons. The summed E-state index contributed by atoms with van der Waals surface area (Å²) in [5.41, 5.74) is 0.821. The minimum Gasteiger partial charge on any atom is -0.497 e. The number of aromatic nitrogens is 2. The van der Waals surface area contributed by atoms with Gasteiger partial charge in [-0.15, -0.1) is 10.2 Å². The summed E-state index contributed by atoms with van der Waals surface area (Å²) >= 11 is 2.31. The standard InChI is InChI=1S/C19H17FN4O4S2/c1-27-13-7-8-14(15(9-13)28-2)17(26)22-18-23-24-19(30-18)29-10-16(25)21-12-5-3-11(20)4-6-12/h3-9H,10H2,1-2H3,(H,21,25)(H,22,23,26). The lowest BCUT2D eigenvalue weighted by atomic mass is 10.2. The second kappa shape index (κ2) is 10.0. The summed E-state index contributed by atoms with van der Waals surface area (Å²) in [5, 5.41) is 13.5. The third-order valence-corrected chi connectivity index (χ3v) is 5.71. The molecule has 2 amide bonds. The number of ether oxygens (including phenoxy) is 2. The first-order valence-electron chi connectivity index (χ1n) is 8.53. The van der Waals surface area contributed by atoms with Crippen molar-refractivity contribution in [3.05, 3.63) is 53.8 Å². The summed E-state index contributed by atoms with van der Waals surface area (Å²) in [7, 11) is 2.98. The number of methoxy groups -OCH3 is 2. The number of hydrogen-bond donors (Lipinski definition) is 2. The minimum absolute atomic E-state index is 0.0895. The second-order valence-corrected chi connectivity index (χ2v) is 7.94. The number of carbonyl (C=O) groups excluding carboxylic acids is 2. The Kier molecular flexibility index (Phi) is 7.20. The van der Waals surface area contributed by atoms with Gasteiger partial charge in [0.2, 0.25) is 11.0 Å². The lowest BCUT2D eigenvalue weighted by Crippen LogP contribution is -2.13. The van der Waals surface area contributed by atoms with E-state index in [-0.39, 0.29) is 17.5 Å². The van der Waals surface area contributed by atoms with Gasteiger partial charge >= 0.3 is 0 Å². The van der Waals surface area contributed by atoms with Crippen LogP contribution in [0.1, 0.15) is 10.4 Å². The van der Waals surface area contributed by atoms with E-state index in [9.17, 15) is 14.0 Å². The lowest BCUT2D eigenvalue weighted by molar-refractivity contribution is -0.113. The summed E-state index contributed by atoms with van der Waals surface area (Å²) in [6, 6.07) is 10.3. The second-order valence-electron chi connectivity index (χ2n) is 5.74. The summed E-state index contributed by atoms with van der Waals surface area (Å²) < 4.78 is 23.8. The highest BCUT2D eigenvalue weighted by Crippen LogP contribution is 2.28. The summed E-state index contributed by atoms with van der Waals surface area (Å²) in [5.74, 6) is -0.0308. The van der Waals surface area contributed by atoms with Crippen LogP contribution in [-0.4, -0.2) is 42.0 Å². The normalized spacial score (nSPS) is 10.4. The highest BCUT2D eigenvalue weighted by molar-refractivity contribution is 8.01. The van der Waals surface area contributed by atoms with Crippen LogP contribution in [0.15, 0.2) is 46.8 Å². The van der Waals surface area contributed by atoms with E-state index in [1.54, 1.807) is 18.2 Å². The van der Waals surface area contributed by atoms with Crippen LogP contribution in [0.3, 0.4) is 0 Å². The molecule has 2 N–H and O–H groups in total. The van der Waals surface area contributed by atoms with E-state index >= 15 is 0 Å². The van der Waals surface area contributed by atoms with Gasteiger partial charge in [0.25, 0.3) is 5.91 Å². The Morgan fingerprint density at radius 1 is 1.07 bits per heavy atom. The molecule has 0 aliphatic carbocycles. The molecule has 0 saturated carbocycles.